The van der Waals surface area contributed by atoms with Gasteiger partial charge < -0.3 is 10.1 Å². The van der Waals surface area contributed by atoms with Crippen LogP contribution in [-0.4, -0.2) is 25.0 Å². The third-order valence-corrected chi connectivity index (χ3v) is 4.40. The molecule has 0 spiro atoms. The minimum Gasteiger partial charge on any atom is -0.460 e. The first kappa shape index (κ1) is 17.5. The highest BCUT2D eigenvalue weighted by atomic mass is 35.5. The van der Waals surface area contributed by atoms with E-state index in [1.165, 1.54) is 16.9 Å². The largest absolute Gasteiger partial charge is 0.460 e. The predicted molar refractivity (Wildman–Crippen MR) is 92.1 cm³/mol. The van der Waals surface area contributed by atoms with Crippen LogP contribution in [0.1, 0.15) is 27.2 Å². The minimum absolute atomic E-state index is 0.0548. The standard InChI is InChI=1S/C17H18ClNO3S/c1-12-2-4-13(5-3-12)6-9-16(20)19-10-11-22-17(21)14-7-8-15(18)23-14/h2-5,7-8H,6,9-11H2,1H3,(H,19,20). The molecule has 0 aliphatic rings. The molecular weight excluding hydrogens is 334 g/mol. The summed E-state index contributed by atoms with van der Waals surface area (Å²) in [6.45, 7) is 2.48. The van der Waals surface area contributed by atoms with Gasteiger partial charge in [0, 0.05) is 6.42 Å². The van der Waals surface area contributed by atoms with Gasteiger partial charge in [-0.05, 0) is 31.0 Å². The summed E-state index contributed by atoms with van der Waals surface area (Å²) in [5.74, 6) is -0.475. The summed E-state index contributed by atoms with van der Waals surface area (Å²) >= 11 is 6.93. The Morgan fingerprint density at radius 1 is 1.17 bits per heavy atom. The van der Waals surface area contributed by atoms with Gasteiger partial charge in [0.05, 0.1) is 10.9 Å². The molecule has 1 aromatic heterocycles. The molecule has 6 heteroatoms. The number of rotatable bonds is 7. The van der Waals surface area contributed by atoms with E-state index in [9.17, 15) is 9.59 Å². The lowest BCUT2D eigenvalue weighted by Gasteiger charge is -2.06. The van der Waals surface area contributed by atoms with E-state index >= 15 is 0 Å². The zero-order valence-electron chi connectivity index (χ0n) is 12.8. The van der Waals surface area contributed by atoms with Gasteiger partial charge in [-0.1, -0.05) is 41.4 Å². The van der Waals surface area contributed by atoms with E-state index in [1.807, 2.05) is 31.2 Å². The molecule has 4 nitrogen and oxygen atoms in total. The Morgan fingerprint density at radius 3 is 2.57 bits per heavy atom. The second-order valence-electron chi connectivity index (χ2n) is 5.08. The van der Waals surface area contributed by atoms with Crippen LogP contribution in [0.15, 0.2) is 36.4 Å². The summed E-state index contributed by atoms with van der Waals surface area (Å²) in [6, 6.07) is 11.4. The lowest BCUT2D eigenvalue weighted by atomic mass is 10.1. The number of ether oxygens (including phenoxy) is 1. The van der Waals surface area contributed by atoms with Gasteiger partial charge >= 0.3 is 5.97 Å². The van der Waals surface area contributed by atoms with Gasteiger partial charge in [0.25, 0.3) is 0 Å². The Hall–Kier alpha value is -1.85. The lowest BCUT2D eigenvalue weighted by Crippen LogP contribution is -2.28. The van der Waals surface area contributed by atoms with Gasteiger partial charge in [-0.15, -0.1) is 11.3 Å². The molecule has 1 aromatic carbocycles. The van der Waals surface area contributed by atoms with E-state index in [0.29, 0.717) is 28.6 Å². The molecule has 122 valence electrons. The SMILES string of the molecule is Cc1ccc(CCC(=O)NCCOC(=O)c2ccc(Cl)s2)cc1. The zero-order valence-corrected chi connectivity index (χ0v) is 14.4. The number of aryl methyl sites for hydroxylation is 2. The Morgan fingerprint density at radius 2 is 1.91 bits per heavy atom. The number of hydrogen-bond acceptors (Lipinski definition) is 4. The van der Waals surface area contributed by atoms with Crippen LogP contribution in [0.25, 0.3) is 0 Å². The first-order chi connectivity index (χ1) is 11.0. The third kappa shape index (κ3) is 6.04. The Labute approximate surface area is 144 Å². The van der Waals surface area contributed by atoms with Gasteiger partial charge in [0.15, 0.2) is 0 Å². The summed E-state index contributed by atoms with van der Waals surface area (Å²) in [5, 5.41) is 2.74. The maximum Gasteiger partial charge on any atom is 0.348 e. The molecular formula is C17H18ClNO3S. The average molecular weight is 352 g/mol. The summed E-state index contributed by atoms with van der Waals surface area (Å²) in [5.41, 5.74) is 2.33. The van der Waals surface area contributed by atoms with Crippen LogP contribution in [0, 0.1) is 6.92 Å². The number of nitrogens with one attached hydrogen (secondary N) is 1. The average Bonchev–Trinajstić information content (AvgIpc) is 2.97. The van der Waals surface area contributed by atoms with Gasteiger partial charge in [0.2, 0.25) is 5.91 Å². The number of amides is 1. The molecule has 0 saturated carbocycles. The number of thiophene rings is 1. The smallest absolute Gasteiger partial charge is 0.348 e. The van der Waals surface area contributed by atoms with Crippen LogP contribution in [0.4, 0.5) is 0 Å². The normalized spacial score (nSPS) is 10.3. The maximum absolute atomic E-state index is 11.7. The van der Waals surface area contributed by atoms with Crippen LogP contribution in [-0.2, 0) is 16.0 Å². The van der Waals surface area contributed by atoms with Crippen molar-refractivity contribution in [2.45, 2.75) is 19.8 Å². The highest BCUT2D eigenvalue weighted by Gasteiger charge is 2.10. The summed E-state index contributed by atoms with van der Waals surface area (Å²) in [4.78, 5) is 23.9. The predicted octanol–water partition coefficient (Wildman–Crippen LogP) is 3.62. The fraction of sp³-hybridized carbons (Fsp3) is 0.294. The number of hydrogen-bond donors (Lipinski definition) is 1. The van der Waals surface area contributed by atoms with Crippen molar-refractivity contribution in [1.82, 2.24) is 5.32 Å². The highest BCUT2D eigenvalue weighted by molar-refractivity contribution is 7.17. The first-order valence-corrected chi connectivity index (χ1v) is 8.49. The Kier molecular flexibility index (Phi) is 6.62. The molecule has 1 N–H and O–H groups in total. The van der Waals surface area contributed by atoms with E-state index in [0.717, 1.165) is 5.56 Å². The monoisotopic (exact) mass is 351 g/mol. The van der Waals surface area contributed by atoms with Crippen molar-refractivity contribution in [3.05, 3.63) is 56.7 Å². The molecule has 0 fully saturated rings. The van der Waals surface area contributed by atoms with Crippen LogP contribution < -0.4 is 5.32 Å². The molecule has 2 rings (SSSR count). The summed E-state index contributed by atoms with van der Waals surface area (Å²) in [7, 11) is 0. The van der Waals surface area contributed by atoms with Crippen molar-refractivity contribution in [2.75, 3.05) is 13.2 Å². The number of benzene rings is 1. The van der Waals surface area contributed by atoms with E-state index < -0.39 is 5.97 Å². The second-order valence-corrected chi connectivity index (χ2v) is 6.79. The molecule has 0 radical (unpaired) electrons. The van der Waals surface area contributed by atoms with Crippen molar-refractivity contribution in [1.29, 1.82) is 0 Å². The molecule has 23 heavy (non-hydrogen) atoms. The van der Waals surface area contributed by atoms with E-state index in [2.05, 4.69) is 5.32 Å². The summed E-state index contributed by atoms with van der Waals surface area (Å²) < 4.78 is 5.61. The Bertz CT molecular complexity index is 667. The van der Waals surface area contributed by atoms with Crippen LogP contribution in [0.2, 0.25) is 4.34 Å². The van der Waals surface area contributed by atoms with Gasteiger partial charge in [0.1, 0.15) is 11.5 Å². The molecule has 2 aromatic rings. The third-order valence-electron chi connectivity index (χ3n) is 3.19. The highest BCUT2D eigenvalue weighted by Crippen LogP contribution is 2.21. The van der Waals surface area contributed by atoms with Gasteiger partial charge in [-0.2, -0.15) is 0 Å². The molecule has 1 heterocycles. The lowest BCUT2D eigenvalue weighted by molar-refractivity contribution is -0.121. The number of halogens is 1. The molecule has 0 atom stereocenters. The van der Waals surface area contributed by atoms with Crippen molar-refractivity contribution in [2.24, 2.45) is 0 Å². The maximum atomic E-state index is 11.7. The van der Waals surface area contributed by atoms with Gasteiger partial charge in [-0.25, -0.2) is 4.79 Å². The van der Waals surface area contributed by atoms with E-state index in [-0.39, 0.29) is 12.5 Å². The molecule has 0 bridgehead atoms. The van der Waals surface area contributed by atoms with Crippen molar-refractivity contribution < 1.29 is 14.3 Å². The van der Waals surface area contributed by atoms with Gasteiger partial charge in [-0.3, -0.25) is 4.79 Å². The first-order valence-electron chi connectivity index (χ1n) is 7.29. The summed E-state index contributed by atoms with van der Waals surface area (Å²) in [6.07, 6.45) is 1.11. The fourth-order valence-electron chi connectivity index (χ4n) is 1.93. The van der Waals surface area contributed by atoms with Crippen molar-refractivity contribution in [3.8, 4) is 0 Å². The molecule has 0 unspecified atom stereocenters. The number of carbonyl (C=O) groups is 2. The van der Waals surface area contributed by atoms with Crippen LogP contribution in [0.5, 0.6) is 0 Å². The minimum atomic E-state index is -0.421. The molecule has 0 aliphatic carbocycles. The van der Waals surface area contributed by atoms with Crippen molar-refractivity contribution >= 4 is 34.8 Å². The quantitative estimate of drug-likeness (QED) is 0.612. The molecule has 0 aliphatic heterocycles. The van der Waals surface area contributed by atoms with Crippen molar-refractivity contribution in [3.63, 3.8) is 0 Å². The molecule has 0 saturated heterocycles. The second kappa shape index (κ2) is 8.70. The van der Waals surface area contributed by atoms with E-state index in [4.69, 9.17) is 16.3 Å². The topological polar surface area (TPSA) is 55.4 Å². The Balaban J connectivity index is 1.61. The van der Waals surface area contributed by atoms with Crippen LogP contribution in [0.3, 0.4) is 0 Å². The number of esters is 1. The van der Waals surface area contributed by atoms with E-state index in [1.54, 1.807) is 12.1 Å². The zero-order chi connectivity index (χ0) is 16.7. The number of carbonyl (C=O) groups excluding carboxylic acids is 2. The fourth-order valence-corrected chi connectivity index (χ4v) is 2.87. The molecule has 1 amide bonds. The van der Waals surface area contributed by atoms with Crippen LogP contribution >= 0.6 is 22.9 Å².